The van der Waals surface area contributed by atoms with Crippen molar-refractivity contribution in [2.45, 2.75) is 44.9 Å². The average molecular weight is 754 g/mol. The van der Waals surface area contributed by atoms with Crippen molar-refractivity contribution in [3.8, 4) is 28.0 Å². The van der Waals surface area contributed by atoms with E-state index in [0.29, 0.717) is 56.0 Å². The Balaban J connectivity index is 1.35. The Morgan fingerprint density at radius 3 is 2.22 bits per heavy atom. The summed E-state index contributed by atoms with van der Waals surface area (Å²) in [7, 11) is 1.62. The number of fused-ring (bicyclic) bond motifs is 1. The molecule has 1 aromatic heterocycles. The lowest BCUT2D eigenvalue weighted by Gasteiger charge is -2.26. The number of carbonyl (C=O) groups is 5. The fraction of sp³-hybridized carbons (Fsp3) is 0.225. The maximum Gasteiger partial charge on any atom is 0.326 e. The minimum atomic E-state index is -1.33. The number of phenols is 1. The molecule has 4 aromatic carbocycles. The van der Waals surface area contributed by atoms with Crippen LogP contribution in [0.2, 0.25) is 5.02 Å². The topological polar surface area (TPSA) is 204 Å². The molecule has 0 aliphatic carbocycles. The highest BCUT2D eigenvalue weighted by Gasteiger charge is 2.25. The SMILES string of the molecule is CC(c1cc(-c2cc(CC(NC(=O)[C@H](C)NC=O)C(=O)O)ccc2O)c2oc(CN)cc2c1)N(C)C(=O)CNC(=O)c1ccc(-c2ccc(Cl)cc2)cc1. The van der Waals surface area contributed by atoms with Gasteiger partial charge >= 0.3 is 5.97 Å². The Morgan fingerprint density at radius 1 is 0.926 bits per heavy atom. The van der Waals surface area contributed by atoms with Crippen molar-refractivity contribution in [1.29, 1.82) is 0 Å². The summed E-state index contributed by atoms with van der Waals surface area (Å²) in [5.74, 6) is -2.37. The van der Waals surface area contributed by atoms with E-state index < -0.39 is 35.9 Å². The number of phenolic OH excluding ortho intramolecular Hbond substituents is 1. The molecule has 13 nitrogen and oxygen atoms in total. The molecule has 0 spiro atoms. The van der Waals surface area contributed by atoms with E-state index >= 15 is 0 Å². The van der Waals surface area contributed by atoms with Gasteiger partial charge in [-0.3, -0.25) is 19.2 Å². The third-order valence-corrected chi connectivity index (χ3v) is 9.44. The van der Waals surface area contributed by atoms with Crippen molar-refractivity contribution < 1.29 is 38.6 Å². The van der Waals surface area contributed by atoms with Gasteiger partial charge in [0, 0.05) is 40.6 Å². The quantitative estimate of drug-likeness (QED) is 0.0813. The summed E-state index contributed by atoms with van der Waals surface area (Å²) in [4.78, 5) is 63.1. The van der Waals surface area contributed by atoms with Crippen LogP contribution in [0, 0.1) is 0 Å². The summed E-state index contributed by atoms with van der Waals surface area (Å²) in [5.41, 5.74) is 10.5. The van der Waals surface area contributed by atoms with Gasteiger partial charge in [0.25, 0.3) is 5.91 Å². The highest BCUT2D eigenvalue weighted by Crippen LogP contribution is 2.39. The van der Waals surface area contributed by atoms with Crippen LogP contribution in [-0.2, 0) is 32.1 Å². The highest BCUT2D eigenvalue weighted by molar-refractivity contribution is 6.30. The third-order valence-electron chi connectivity index (χ3n) is 9.19. The van der Waals surface area contributed by atoms with Crippen LogP contribution in [-0.4, -0.2) is 70.9 Å². The first-order valence-corrected chi connectivity index (χ1v) is 17.4. The third kappa shape index (κ3) is 9.06. The summed E-state index contributed by atoms with van der Waals surface area (Å²) in [6.07, 6.45) is 0.215. The smallest absolute Gasteiger partial charge is 0.326 e. The predicted molar refractivity (Wildman–Crippen MR) is 204 cm³/mol. The molecule has 4 amide bonds. The summed E-state index contributed by atoms with van der Waals surface area (Å²) in [6.45, 7) is 3.08. The molecule has 1 heterocycles. The number of hydrogen-bond acceptors (Lipinski definition) is 8. The summed E-state index contributed by atoms with van der Waals surface area (Å²) >= 11 is 5.99. The minimum absolute atomic E-state index is 0.102. The van der Waals surface area contributed by atoms with Crippen LogP contribution in [0.4, 0.5) is 0 Å². The fourth-order valence-electron chi connectivity index (χ4n) is 5.89. The van der Waals surface area contributed by atoms with Gasteiger partial charge in [0.2, 0.25) is 18.2 Å². The Hall–Kier alpha value is -6.18. The number of carboxylic acids is 1. The number of nitrogens with zero attached hydrogens (tertiary/aromatic N) is 1. The van der Waals surface area contributed by atoms with E-state index in [1.165, 1.54) is 17.9 Å². The summed E-state index contributed by atoms with van der Waals surface area (Å²) in [6, 6.07) is 21.5. The number of nitrogens with one attached hydrogen (secondary N) is 3. The van der Waals surface area contributed by atoms with Crippen molar-refractivity contribution in [2.75, 3.05) is 13.6 Å². The maximum atomic E-state index is 13.4. The second-order valence-corrected chi connectivity index (χ2v) is 13.2. The summed E-state index contributed by atoms with van der Waals surface area (Å²) in [5, 5.41) is 29.6. The number of halogens is 1. The van der Waals surface area contributed by atoms with Gasteiger partial charge in [-0.15, -0.1) is 0 Å². The van der Waals surface area contributed by atoms with Gasteiger partial charge in [-0.25, -0.2) is 4.79 Å². The van der Waals surface area contributed by atoms with Crippen molar-refractivity contribution in [2.24, 2.45) is 5.73 Å². The maximum absolute atomic E-state index is 13.4. The second-order valence-electron chi connectivity index (χ2n) is 12.8. The Bertz CT molecular complexity index is 2190. The number of rotatable bonds is 15. The van der Waals surface area contributed by atoms with Gasteiger partial charge in [-0.05, 0) is 90.7 Å². The van der Waals surface area contributed by atoms with Gasteiger partial charge in [-0.1, -0.05) is 41.9 Å². The molecule has 0 aliphatic heterocycles. The number of amides is 4. The average Bonchev–Trinajstić information content (AvgIpc) is 3.60. The van der Waals surface area contributed by atoms with Gasteiger partial charge in [0.05, 0.1) is 19.1 Å². The standard InChI is InChI=1S/C40H40ClN5O8/c1-22(44-21-47)38(50)45-34(40(52)53)15-24-4-13-35(48)32(14-24)33-18-28(16-29-17-31(19-42)54-37(29)33)23(2)46(3)36(49)20-43-39(51)27-7-5-25(6-8-27)26-9-11-30(41)12-10-26/h4-14,16-18,21-23,34,48H,15,19-20,42H2,1-3H3,(H,43,51)(H,44,47)(H,45,50)(H,52,53)/t22-,23?,34?/m0/s1. The van der Waals surface area contributed by atoms with E-state index in [0.717, 1.165) is 11.1 Å². The van der Waals surface area contributed by atoms with Crippen LogP contribution in [0.15, 0.2) is 89.3 Å². The van der Waals surface area contributed by atoms with E-state index in [2.05, 4.69) is 16.0 Å². The monoisotopic (exact) mass is 753 g/mol. The lowest BCUT2D eigenvalue weighted by molar-refractivity contribution is -0.142. The molecule has 2 unspecified atom stereocenters. The number of aromatic hydroxyl groups is 1. The van der Waals surface area contributed by atoms with Crippen molar-refractivity contribution in [3.05, 3.63) is 112 Å². The molecule has 54 heavy (non-hydrogen) atoms. The number of aliphatic carboxylic acids is 1. The van der Waals surface area contributed by atoms with Crippen molar-refractivity contribution >= 4 is 52.7 Å². The molecule has 0 aliphatic rings. The van der Waals surface area contributed by atoms with Gasteiger partial charge < -0.3 is 41.2 Å². The molecular weight excluding hydrogens is 714 g/mol. The van der Waals surface area contributed by atoms with Crippen molar-refractivity contribution in [3.63, 3.8) is 0 Å². The van der Waals surface area contributed by atoms with Gasteiger partial charge in [-0.2, -0.15) is 0 Å². The minimum Gasteiger partial charge on any atom is -0.507 e. The van der Waals surface area contributed by atoms with Crippen LogP contribution in [0.3, 0.4) is 0 Å². The number of benzene rings is 4. The fourth-order valence-corrected chi connectivity index (χ4v) is 6.01. The van der Waals surface area contributed by atoms with Crippen LogP contribution < -0.4 is 21.7 Å². The number of carbonyl (C=O) groups excluding carboxylic acids is 4. The number of nitrogens with two attached hydrogens (primary N) is 1. The molecule has 0 radical (unpaired) electrons. The molecule has 5 rings (SSSR count). The number of hydrogen-bond donors (Lipinski definition) is 6. The van der Waals surface area contributed by atoms with E-state index in [9.17, 15) is 34.2 Å². The Morgan fingerprint density at radius 2 is 1.59 bits per heavy atom. The largest absolute Gasteiger partial charge is 0.507 e. The number of likely N-dealkylation sites (N-methyl/N-ethyl adjacent to an activating group) is 1. The molecule has 3 atom stereocenters. The van der Waals surface area contributed by atoms with E-state index in [1.807, 2.05) is 37.3 Å². The lowest BCUT2D eigenvalue weighted by Crippen LogP contribution is -2.49. The normalized spacial score (nSPS) is 12.7. The zero-order valence-electron chi connectivity index (χ0n) is 29.8. The van der Waals surface area contributed by atoms with E-state index in [-0.39, 0.29) is 31.2 Å². The summed E-state index contributed by atoms with van der Waals surface area (Å²) < 4.78 is 6.05. The van der Waals surface area contributed by atoms with Crippen LogP contribution >= 0.6 is 11.6 Å². The van der Waals surface area contributed by atoms with E-state index in [1.54, 1.807) is 55.6 Å². The molecule has 14 heteroatoms. The molecule has 0 saturated heterocycles. The van der Waals surface area contributed by atoms with Crippen LogP contribution in [0.5, 0.6) is 5.75 Å². The highest BCUT2D eigenvalue weighted by atomic mass is 35.5. The first-order valence-electron chi connectivity index (χ1n) is 17.0. The van der Waals surface area contributed by atoms with Gasteiger partial charge in [0.1, 0.15) is 29.2 Å². The van der Waals surface area contributed by atoms with E-state index in [4.69, 9.17) is 21.8 Å². The zero-order valence-corrected chi connectivity index (χ0v) is 30.5. The molecule has 280 valence electrons. The second kappa shape index (κ2) is 17.1. The van der Waals surface area contributed by atoms with Gasteiger partial charge in [0.15, 0.2) is 0 Å². The first-order chi connectivity index (χ1) is 25.8. The first kappa shape index (κ1) is 39.0. The van der Waals surface area contributed by atoms with Crippen LogP contribution in [0.1, 0.15) is 47.1 Å². The zero-order chi connectivity index (χ0) is 39.1. The molecule has 0 saturated carbocycles. The molecule has 7 N–H and O–H groups in total. The van der Waals surface area contributed by atoms with Crippen molar-refractivity contribution in [1.82, 2.24) is 20.9 Å². The number of carboxylic acid groups (broad SMARTS) is 1. The van der Waals surface area contributed by atoms with Crippen LogP contribution in [0.25, 0.3) is 33.2 Å². The predicted octanol–water partition coefficient (Wildman–Crippen LogP) is 4.78. The lowest BCUT2D eigenvalue weighted by atomic mass is 9.94. The number of furan rings is 1. The molecule has 5 aromatic rings. The molecular formula is C40H40ClN5O8. The molecule has 0 bridgehead atoms. The Kier molecular flexibility index (Phi) is 12.4. The molecule has 0 fully saturated rings. The Labute approximate surface area is 316 Å².